The summed E-state index contributed by atoms with van der Waals surface area (Å²) in [4.78, 5) is 0. The van der Waals surface area contributed by atoms with E-state index in [0.717, 1.165) is 12.2 Å². The average molecular weight is 271 g/mol. The van der Waals surface area contributed by atoms with Crippen LogP contribution in [-0.2, 0) is 11.3 Å². The van der Waals surface area contributed by atoms with Gasteiger partial charge in [0.25, 0.3) is 0 Å². The first-order valence-electron chi connectivity index (χ1n) is 6.74. The van der Waals surface area contributed by atoms with E-state index in [1.54, 1.807) is 12.3 Å². The quantitative estimate of drug-likeness (QED) is 0.595. The maximum Gasteiger partial charge on any atom is 0.129 e. The van der Waals surface area contributed by atoms with Gasteiger partial charge in [0.05, 0.1) is 25.6 Å². The molecule has 0 fully saturated rings. The minimum atomic E-state index is -0.587. The first kappa shape index (κ1) is 16.2. The average Bonchev–Trinajstić information content (AvgIpc) is 2.87. The highest BCUT2D eigenvalue weighted by Crippen LogP contribution is 2.04. The molecule has 0 aromatic carbocycles. The molecule has 110 valence electrons. The lowest BCUT2D eigenvalue weighted by Crippen LogP contribution is -2.40. The van der Waals surface area contributed by atoms with Crippen LogP contribution in [0.25, 0.3) is 0 Å². The van der Waals surface area contributed by atoms with Crippen molar-refractivity contribution >= 4 is 0 Å². The monoisotopic (exact) mass is 271 g/mol. The molecule has 5 nitrogen and oxygen atoms in total. The lowest BCUT2D eigenvalue weighted by Gasteiger charge is -2.20. The van der Waals surface area contributed by atoms with Crippen LogP contribution in [0.3, 0.4) is 0 Å². The van der Waals surface area contributed by atoms with Crippen LogP contribution in [-0.4, -0.2) is 42.1 Å². The van der Waals surface area contributed by atoms with Gasteiger partial charge in [0.15, 0.2) is 0 Å². The van der Waals surface area contributed by atoms with E-state index < -0.39 is 6.10 Å². The van der Waals surface area contributed by atoms with E-state index in [0.29, 0.717) is 19.1 Å². The van der Waals surface area contributed by atoms with Crippen molar-refractivity contribution in [2.24, 2.45) is 5.92 Å². The zero-order chi connectivity index (χ0) is 14.1. The molecule has 2 unspecified atom stereocenters. The van der Waals surface area contributed by atoms with Crippen molar-refractivity contribution in [1.29, 1.82) is 0 Å². The van der Waals surface area contributed by atoms with E-state index >= 15 is 0 Å². The second kappa shape index (κ2) is 9.09. The molecule has 1 aromatic heterocycles. The summed E-state index contributed by atoms with van der Waals surface area (Å²) in [5, 5.41) is 22.1. The third-order valence-electron chi connectivity index (χ3n) is 2.75. The molecule has 3 N–H and O–H groups in total. The minimum Gasteiger partial charge on any atom is -0.467 e. The van der Waals surface area contributed by atoms with Crippen molar-refractivity contribution in [2.75, 3.05) is 19.8 Å². The van der Waals surface area contributed by atoms with Gasteiger partial charge in [0.2, 0.25) is 0 Å². The molecule has 0 amide bonds. The van der Waals surface area contributed by atoms with Gasteiger partial charge in [-0.15, -0.1) is 0 Å². The van der Waals surface area contributed by atoms with E-state index in [1.807, 2.05) is 6.07 Å². The van der Waals surface area contributed by atoms with E-state index in [9.17, 15) is 10.2 Å². The van der Waals surface area contributed by atoms with Gasteiger partial charge < -0.3 is 24.7 Å². The molecule has 0 saturated heterocycles. The van der Waals surface area contributed by atoms with Crippen LogP contribution in [0, 0.1) is 5.92 Å². The van der Waals surface area contributed by atoms with E-state index in [4.69, 9.17) is 9.15 Å². The number of rotatable bonds is 10. The van der Waals surface area contributed by atoms with Gasteiger partial charge in [-0.3, -0.25) is 0 Å². The van der Waals surface area contributed by atoms with Crippen molar-refractivity contribution in [1.82, 2.24) is 5.32 Å². The van der Waals surface area contributed by atoms with E-state index in [1.165, 1.54) is 0 Å². The molecule has 1 rings (SSSR count). The summed E-state index contributed by atoms with van der Waals surface area (Å²) in [6, 6.07) is 3.66. The fourth-order valence-corrected chi connectivity index (χ4v) is 1.84. The molecule has 0 radical (unpaired) electrons. The van der Waals surface area contributed by atoms with Crippen molar-refractivity contribution in [3.63, 3.8) is 0 Å². The molecule has 0 aliphatic carbocycles. The van der Waals surface area contributed by atoms with Crippen molar-refractivity contribution in [3.05, 3.63) is 24.2 Å². The Kier molecular flexibility index (Phi) is 7.74. The molecule has 2 atom stereocenters. The van der Waals surface area contributed by atoms with Gasteiger partial charge in [-0.05, 0) is 24.5 Å². The summed E-state index contributed by atoms with van der Waals surface area (Å²) in [5.74, 6) is 1.25. The Hall–Kier alpha value is -0.880. The molecule has 1 aromatic rings. The molecule has 0 bridgehead atoms. The van der Waals surface area contributed by atoms with Crippen LogP contribution >= 0.6 is 0 Å². The Bertz CT molecular complexity index is 313. The lowest BCUT2D eigenvalue weighted by atomic mass is 10.0. The van der Waals surface area contributed by atoms with Crippen molar-refractivity contribution in [2.45, 2.75) is 39.0 Å². The summed E-state index contributed by atoms with van der Waals surface area (Å²) in [7, 11) is 0. The summed E-state index contributed by atoms with van der Waals surface area (Å²) >= 11 is 0. The zero-order valence-corrected chi connectivity index (χ0v) is 11.7. The number of furan rings is 1. The Morgan fingerprint density at radius 3 is 2.79 bits per heavy atom. The minimum absolute atomic E-state index is 0.0275. The summed E-state index contributed by atoms with van der Waals surface area (Å²) in [6.07, 6.45) is 1.89. The Labute approximate surface area is 114 Å². The maximum atomic E-state index is 9.76. The third-order valence-corrected chi connectivity index (χ3v) is 2.75. The fourth-order valence-electron chi connectivity index (χ4n) is 1.84. The van der Waals surface area contributed by atoms with E-state index in [2.05, 4.69) is 19.2 Å². The molecule has 0 aliphatic heterocycles. The maximum absolute atomic E-state index is 9.76. The highest BCUT2D eigenvalue weighted by molar-refractivity contribution is 4.96. The van der Waals surface area contributed by atoms with E-state index in [-0.39, 0.29) is 19.3 Å². The third kappa shape index (κ3) is 7.32. The number of hydrogen-bond acceptors (Lipinski definition) is 5. The second-order valence-corrected chi connectivity index (χ2v) is 5.17. The number of nitrogens with one attached hydrogen (secondary N) is 1. The molecular weight excluding hydrogens is 246 g/mol. The highest BCUT2D eigenvalue weighted by Gasteiger charge is 2.12. The van der Waals surface area contributed by atoms with Crippen molar-refractivity contribution in [3.8, 4) is 0 Å². The van der Waals surface area contributed by atoms with Gasteiger partial charge >= 0.3 is 0 Å². The zero-order valence-electron chi connectivity index (χ0n) is 11.7. The Balaban J connectivity index is 2.11. The Morgan fingerprint density at radius 2 is 2.21 bits per heavy atom. The van der Waals surface area contributed by atoms with Crippen molar-refractivity contribution < 1.29 is 19.4 Å². The number of ether oxygens (including phenoxy) is 1. The van der Waals surface area contributed by atoms with Gasteiger partial charge in [-0.2, -0.15) is 0 Å². The van der Waals surface area contributed by atoms with Crippen LogP contribution < -0.4 is 5.32 Å². The SMILES string of the molecule is CC(C)CC(CO)NCC(O)COCc1ccco1. The molecule has 1 heterocycles. The van der Waals surface area contributed by atoms with Crippen LogP contribution in [0.4, 0.5) is 0 Å². The first-order chi connectivity index (χ1) is 9.11. The molecule has 5 heteroatoms. The molecule has 19 heavy (non-hydrogen) atoms. The van der Waals surface area contributed by atoms with Gasteiger partial charge in [0, 0.05) is 12.6 Å². The smallest absolute Gasteiger partial charge is 0.129 e. The first-order valence-corrected chi connectivity index (χ1v) is 6.74. The van der Waals surface area contributed by atoms with Gasteiger partial charge in [-0.1, -0.05) is 13.8 Å². The largest absolute Gasteiger partial charge is 0.467 e. The molecule has 0 aliphatic rings. The molecule has 0 saturated carbocycles. The normalized spacial score (nSPS) is 14.8. The fraction of sp³-hybridized carbons (Fsp3) is 0.714. The summed E-state index contributed by atoms with van der Waals surface area (Å²) < 4.78 is 10.5. The number of hydrogen-bond donors (Lipinski definition) is 3. The lowest BCUT2D eigenvalue weighted by molar-refractivity contribution is 0.0202. The molecule has 0 spiro atoms. The van der Waals surface area contributed by atoms with Gasteiger partial charge in [0.1, 0.15) is 12.4 Å². The van der Waals surface area contributed by atoms with Crippen LogP contribution in [0.2, 0.25) is 0 Å². The summed E-state index contributed by atoms with van der Waals surface area (Å²) in [5.41, 5.74) is 0. The highest BCUT2D eigenvalue weighted by atomic mass is 16.5. The van der Waals surface area contributed by atoms with Gasteiger partial charge in [-0.25, -0.2) is 0 Å². The predicted octanol–water partition coefficient (Wildman–Crippen LogP) is 1.15. The number of aliphatic hydroxyl groups is 2. The topological polar surface area (TPSA) is 74.9 Å². The standard InChI is InChI=1S/C14H25NO4/c1-11(2)6-12(8-16)15-7-13(17)9-18-10-14-4-3-5-19-14/h3-5,11-13,15-17H,6-10H2,1-2H3. The van der Waals surface area contributed by atoms with Crippen LogP contribution in [0.1, 0.15) is 26.0 Å². The molecular formula is C14H25NO4. The van der Waals surface area contributed by atoms with Crippen LogP contribution in [0.15, 0.2) is 22.8 Å². The predicted molar refractivity (Wildman–Crippen MR) is 72.7 cm³/mol. The van der Waals surface area contributed by atoms with Crippen LogP contribution in [0.5, 0.6) is 0 Å². The summed E-state index contributed by atoms with van der Waals surface area (Å²) in [6.45, 7) is 5.31. The Morgan fingerprint density at radius 1 is 1.42 bits per heavy atom. The second-order valence-electron chi connectivity index (χ2n) is 5.17. The number of aliphatic hydroxyl groups excluding tert-OH is 2.